The van der Waals surface area contributed by atoms with Crippen molar-refractivity contribution in [2.45, 2.75) is 26.0 Å². The molecule has 2 aromatic carbocycles. The first kappa shape index (κ1) is 25.4. The highest BCUT2D eigenvalue weighted by Gasteiger charge is 2.24. The van der Waals surface area contributed by atoms with Gasteiger partial charge in [-0.25, -0.2) is 13.5 Å². The molecule has 6 nitrogen and oxygen atoms in total. The molecule has 34 heavy (non-hydrogen) atoms. The van der Waals surface area contributed by atoms with Crippen LogP contribution in [0.15, 0.2) is 48.5 Å². The van der Waals surface area contributed by atoms with Gasteiger partial charge in [-0.1, -0.05) is 43.2 Å². The molecule has 3 aromatic rings. The van der Waals surface area contributed by atoms with Crippen molar-refractivity contribution in [3.05, 3.63) is 65.7 Å². The van der Waals surface area contributed by atoms with Crippen LogP contribution in [-0.4, -0.2) is 52.2 Å². The first-order valence-corrected chi connectivity index (χ1v) is 11.1. The SMILES string of the molecule is C#CCOC[C@H](O)CN(CCC)Cc1c(-c2ccccc2)nn(C)c1Oc1ccc(F)cc1F. The molecule has 1 atom stereocenters. The molecule has 1 aromatic heterocycles. The van der Waals surface area contributed by atoms with Crippen LogP contribution in [0, 0.1) is 24.0 Å². The molecule has 0 aliphatic carbocycles. The molecule has 3 rings (SSSR count). The predicted molar refractivity (Wildman–Crippen MR) is 126 cm³/mol. The fourth-order valence-electron chi connectivity index (χ4n) is 3.69. The molecule has 0 saturated heterocycles. The third-order valence-corrected chi connectivity index (χ3v) is 5.12. The number of benzene rings is 2. The number of aliphatic hydroxyl groups is 1. The van der Waals surface area contributed by atoms with E-state index in [1.165, 1.54) is 10.7 Å². The van der Waals surface area contributed by atoms with Crippen molar-refractivity contribution in [3.8, 4) is 35.2 Å². The minimum Gasteiger partial charge on any atom is -0.436 e. The van der Waals surface area contributed by atoms with Crippen LogP contribution in [0.5, 0.6) is 11.6 Å². The predicted octanol–water partition coefficient (Wildman–Crippen LogP) is 4.38. The molecule has 0 saturated carbocycles. The third kappa shape index (κ3) is 6.64. The Kier molecular flexibility index (Phi) is 9.16. The van der Waals surface area contributed by atoms with E-state index < -0.39 is 17.7 Å². The summed E-state index contributed by atoms with van der Waals surface area (Å²) in [4.78, 5) is 2.06. The largest absolute Gasteiger partial charge is 0.436 e. The van der Waals surface area contributed by atoms with E-state index in [1.807, 2.05) is 37.3 Å². The minimum atomic E-state index is -0.806. The van der Waals surface area contributed by atoms with E-state index in [0.29, 0.717) is 31.2 Å². The second-order valence-electron chi connectivity index (χ2n) is 7.91. The summed E-state index contributed by atoms with van der Waals surface area (Å²) >= 11 is 0. The van der Waals surface area contributed by atoms with Gasteiger partial charge < -0.3 is 14.6 Å². The Bertz CT molecular complexity index is 1110. The van der Waals surface area contributed by atoms with Crippen molar-refractivity contribution in [3.63, 3.8) is 0 Å². The zero-order valence-electron chi connectivity index (χ0n) is 19.4. The fourth-order valence-corrected chi connectivity index (χ4v) is 3.69. The van der Waals surface area contributed by atoms with Gasteiger partial charge in [0.1, 0.15) is 18.1 Å². The van der Waals surface area contributed by atoms with E-state index in [4.69, 9.17) is 15.9 Å². The maximum absolute atomic E-state index is 14.4. The Morgan fingerprint density at radius 1 is 1.21 bits per heavy atom. The molecule has 0 amide bonds. The lowest BCUT2D eigenvalue weighted by Gasteiger charge is -2.25. The number of ether oxygens (including phenoxy) is 2. The summed E-state index contributed by atoms with van der Waals surface area (Å²) in [5, 5.41) is 15.1. The maximum Gasteiger partial charge on any atom is 0.222 e. The average molecular weight is 470 g/mol. The number of halogens is 2. The number of aromatic nitrogens is 2. The zero-order chi connectivity index (χ0) is 24.5. The van der Waals surface area contributed by atoms with E-state index in [9.17, 15) is 13.9 Å². The van der Waals surface area contributed by atoms with E-state index in [-0.39, 0.29) is 19.0 Å². The molecule has 180 valence electrons. The minimum absolute atomic E-state index is 0.102. The maximum atomic E-state index is 14.4. The molecule has 1 N–H and O–H groups in total. The Labute approximate surface area is 198 Å². The van der Waals surface area contributed by atoms with Crippen molar-refractivity contribution in [2.75, 3.05) is 26.3 Å². The van der Waals surface area contributed by atoms with Crippen molar-refractivity contribution in [2.24, 2.45) is 7.05 Å². The first-order chi connectivity index (χ1) is 16.4. The second-order valence-corrected chi connectivity index (χ2v) is 7.91. The van der Waals surface area contributed by atoms with Crippen molar-refractivity contribution in [1.29, 1.82) is 0 Å². The number of hydrogen-bond acceptors (Lipinski definition) is 5. The molecular weight excluding hydrogens is 440 g/mol. The highest BCUT2D eigenvalue weighted by atomic mass is 19.1. The number of nitrogens with zero attached hydrogens (tertiary/aromatic N) is 3. The Morgan fingerprint density at radius 3 is 2.65 bits per heavy atom. The third-order valence-electron chi connectivity index (χ3n) is 5.12. The highest BCUT2D eigenvalue weighted by Crippen LogP contribution is 2.35. The summed E-state index contributed by atoms with van der Waals surface area (Å²) in [5.74, 6) is 1.12. The molecule has 0 radical (unpaired) electrons. The summed E-state index contributed by atoms with van der Waals surface area (Å²) in [5.41, 5.74) is 2.28. The van der Waals surface area contributed by atoms with E-state index in [1.54, 1.807) is 7.05 Å². The van der Waals surface area contributed by atoms with Gasteiger partial charge >= 0.3 is 0 Å². The van der Waals surface area contributed by atoms with Gasteiger partial charge in [0.25, 0.3) is 0 Å². The van der Waals surface area contributed by atoms with Crippen LogP contribution in [0.3, 0.4) is 0 Å². The zero-order valence-corrected chi connectivity index (χ0v) is 19.4. The smallest absolute Gasteiger partial charge is 0.222 e. The molecule has 8 heteroatoms. The molecule has 0 bridgehead atoms. The number of aliphatic hydroxyl groups excluding tert-OH is 1. The van der Waals surface area contributed by atoms with Gasteiger partial charge in [0.15, 0.2) is 11.6 Å². The Morgan fingerprint density at radius 2 is 1.97 bits per heavy atom. The Hall–Kier alpha value is -3.25. The quantitative estimate of drug-likeness (QED) is 0.315. The molecule has 1 heterocycles. The van der Waals surface area contributed by atoms with Gasteiger partial charge in [-0.2, -0.15) is 5.10 Å². The average Bonchev–Trinajstić information content (AvgIpc) is 3.11. The van der Waals surface area contributed by atoms with Crippen LogP contribution in [0.4, 0.5) is 8.78 Å². The summed E-state index contributed by atoms with van der Waals surface area (Å²) in [6, 6.07) is 12.8. The number of rotatable bonds is 12. The van der Waals surface area contributed by atoms with Gasteiger partial charge in [0, 0.05) is 31.8 Å². The second kappa shape index (κ2) is 12.3. The van der Waals surface area contributed by atoms with Gasteiger partial charge in [-0.15, -0.1) is 6.42 Å². The molecule has 0 aliphatic heterocycles. The summed E-state index contributed by atoms with van der Waals surface area (Å²) < 4.78 is 40.5. The van der Waals surface area contributed by atoms with Gasteiger partial charge in [-0.3, -0.25) is 4.90 Å². The lowest BCUT2D eigenvalue weighted by atomic mass is 10.1. The van der Waals surface area contributed by atoms with Crippen LogP contribution in [0.25, 0.3) is 11.3 Å². The standard InChI is InChI=1S/C26H29F2N3O3/c1-4-13-31(16-21(32)18-33-14-5-2)17-22-25(19-9-7-6-8-10-19)29-30(3)26(22)34-24-12-11-20(27)15-23(24)28/h2,6-12,15,21,32H,4,13-14,16-18H2,1,3H3/t21-/m1/s1. The monoisotopic (exact) mass is 469 g/mol. The normalized spacial score (nSPS) is 12.0. The summed E-state index contributed by atoms with van der Waals surface area (Å²) in [6.07, 6.45) is 5.31. The summed E-state index contributed by atoms with van der Waals surface area (Å²) in [6.45, 7) is 3.71. The number of hydrogen-bond donors (Lipinski definition) is 1. The molecule has 0 spiro atoms. The number of terminal acetylenes is 1. The van der Waals surface area contributed by atoms with E-state index in [0.717, 1.165) is 29.7 Å². The van der Waals surface area contributed by atoms with Gasteiger partial charge in [0.05, 0.1) is 18.3 Å². The fraction of sp³-hybridized carbons (Fsp3) is 0.346. The van der Waals surface area contributed by atoms with Crippen LogP contribution < -0.4 is 4.74 Å². The molecule has 0 unspecified atom stereocenters. The van der Waals surface area contributed by atoms with Crippen molar-refractivity contribution >= 4 is 0 Å². The first-order valence-electron chi connectivity index (χ1n) is 11.1. The van der Waals surface area contributed by atoms with Crippen LogP contribution in [0.2, 0.25) is 0 Å². The van der Waals surface area contributed by atoms with Gasteiger partial charge in [-0.05, 0) is 25.1 Å². The van der Waals surface area contributed by atoms with Crippen molar-refractivity contribution in [1.82, 2.24) is 14.7 Å². The molecule has 0 fully saturated rings. The van der Waals surface area contributed by atoms with Gasteiger partial charge in [0.2, 0.25) is 5.88 Å². The molecule has 0 aliphatic rings. The van der Waals surface area contributed by atoms with E-state index >= 15 is 0 Å². The van der Waals surface area contributed by atoms with Crippen molar-refractivity contribution < 1.29 is 23.4 Å². The lowest BCUT2D eigenvalue weighted by molar-refractivity contribution is 0.0260. The highest BCUT2D eigenvalue weighted by molar-refractivity contribution is 5.65. The lowest BCUT2D eigenvalue weighted by Crippen LogP contribution is -2.35. The topological polar surface area (TPSA) is 59.8 Å². The number of aryl methyl sites for hydroxylation is 1. The summed E-state index contributed by atoms with van der Waals surface area (Å²) in [7, 11) is 1.71. The Balaban J connectivity index is 1.95. The van der Waals surface area contributed by atoms with Crippen LogP contribution in [0.1, 0.15) is 18.9 Å². The van der Waals surface area contributed by atoms with Crippen LogP contribution in [-0.2, 0) is 18.3 Å². The van der Waals surface area contributed by atoms with E-state index in [2.05, 4.69) is 15.9 Å². The molecular formula is C26H29F2N3O3. The van der Waals surface area contributed by atoms with Crippen LogP contribution >= 0.6 is 0 Å².